The molecule has 3 aromatic rings. The maximum atomic E-state index is 6.57. The summed E-state index contributed by atoms with van der Waals surface area (Å²) in [6.07, 6.45) is 5.18. The number of nitrogens with one attached hydrogen (secondary N) is 1. The molecule has 8 nitrogen and oxygen atoms in total. The van der Waals surface area contributed by atoms with Crippen molar-refractivity contribution in [3.63, 3.8) is 0 Å². The molecule has 10 heteroatoms. The quantitative estimate of drug-likeness (QED) is 0.537. The van der Waals surface area contributed by atoms with Crippen LogP contribution in [-0.2, 0) is 11.2 Å². The Morgan fingerprint density at radius 1 is 1.22 bits per heavy atom. The van der Waals surface area contributed by atoms with Crippen molar-refractivity contribution in [2.75, 3.05) is 6.61 Å². The summed E-state index contributed by atoms with van der Waals surface area (Å²) in [5, 5.41) is 9.42. The average molecular weight is 472 g/mol. The van der Waals surface area contributed by atoms with Gasteiger partial charge in [0, 0.05) is 24.0 Å². The van der Waals surface area contributed by atoms with Crippen molar-refractivity contribution in [1.82, 2.24) is 15.1 Å². The summed E-state index contributed by atoms with van der Waals surface area (Å²) in [6, 6.07) is 11.3. The molecule has 2 atom stereocenters. The van der Waals surface area contributed by atoms with Gasteiger partial charge in [-0.3, -0.25) is 5.73 Å². The second kappa shape index (κ2) is 8.37. The number of hydrogen-bond acceptors (Lipinski definition) is 7. The van der Waals surface area contributed by atoms with Gasteiger partial charge >= 0.3 is 0 Å². The second-order valence-corrected chi connectivity index (χ2v) is 8.84. The van der Waals surface area contributed by atoms with E-state index in [2.05, 4.69) is 20.4 Å². The molecule has 2 aliphatic rings. The number of guanidine groups is 1. The number of nitrogens with two attached hydrogens (primary N) is 2. The lowest BCUT2D eigenvalue weighted by Gasteiger charge is -2.31. The van der Waals surface area contributed by atoms with Crippen LogP contribution in [-0.4, -0.2) is 34.0 Å². The molecule has 3 heterocycles. The molecule has 1 fully saturated rings. The lowest BCUT2D eigenvalue weighted by atomic mass is 10.1. The van der Waals surface area contributed by atoms with Gasteiger partial charge in [0.25, 0.3) is 0 Å². The van der Waals surface area contributed by atoms with E-state index in [9.17, 15) is 0 Å². The van der Waals surface area contributed by atoms with Crippen molar-refractivity contribution in [2.45, 2.75) is 37.7 Å². The SMILES string of the molecule is NC1=NC(c2ccc3cnn(C4CCCCO4)c3c2)=NC(N)(Cc2cccc(Cl)c2Cl)N1. The lowest BCUT2D eigenvalue weighted by Crippen LogP contribution is -2.60. The zero-order chi connectivity index (χ0) is 22.3. The van der Waals surface area contributed by atoms with Crippen LogP contribution in [0.1, 0.15) is 36.6 Å². The van der Waals surface area contributed by atoms with Gasteiger partial charge in [0.2, 0.25) is 0 Å². The van der Waals surface area contributed by atoms with Crippen LogP contribution >= 0.6 is 23.2 Å². The van der Waals surface area contributed by atoms with Crippen LogP contribution in [0.2, 0.25) is 10.0 Å². The van der Waals surface area contributed by atoms with Gasteiger partial charge in [0.05, 0.1) is 21.8 Å². The van der Waals surface area contributed by atoms with Gasteiger partial charge in [-0.25, -0.2) is 9.67 Å². The summed E-state index contributed by atoms with van der Waals surface area (Å²) in [5.74, 6) is -0.613. The Morgan fingerprint density at radius 2 is 2.09 bits per heavy atom. The highest BCUT2D eigenvalue weighted by molar-refractivity contribution is 6.42. The first kappa shape index (κ1) is 21.2. The molecule has 0 radical (unpaired) electrons. The van der Waals surface area contributed by atoms with Gasteiger partial charge in [-0.1, -0.05) is 47.5 Å². The van der Waals surface area contributed by atoms with E-state index in [0.29, 0.717) is 15.9 Å². The summed E-state index contributed by atoms with van der Waals surface area (Å²) in [4.78, 5) is 9.08. The third kappa shape index (κ3) is 4.06. The van der Waals surface area contributed by atoms with Crippen LogP contribution in [0.15, 0.2) is 52.6 Å². The van der Waals surface area contributed by atoms with Crippen molar-refractivity contribution in [1.29, 1.82) is 0 Å². The predicted molar refractivity (Wildman–Crippen MR) is 127 cm³/mol. The third-order valence-corrected chi connectivity index (χ3v) is 6.51. The Morgan fingerprint density at radius 3 is 2.91 bits per heavy atom. The molecule has 0 aliphatic carbocycles. The molecule has 32 heavy (non-hydrogen) atoms. The van der Waals surface area contributed by atoms with Gasteiger partial charge < -0.3 is 15.8 Å². The minimum absolute atomic E-state index is 0.0707. The summed E-state index contributed by atoms with van der Waals surface area (Å²) < 4.78 is 7.85. The van der Waals surface area contributed by atoms with Crippen LogP contribution in [0.5, 0.6) is 0 Å². The fourth-order valence-electron chi connectivity index (χ4n) is 4.12. The van der Waals surface area contributed by atoms with Crippen LogP contribution in [0, 0.1) is 0 Å². The van der Waals surface area contributed by atoms with Crippen molar-refractivity contribution >= 4 is 45.9 Å². The van der Waals surface area contributed by atoms with Crippen molar-refractivity contribution in [3.05, 3.63) is 63.8 Å². The molecule has 5 N–H and O–H groups in total. The van der Waals surface area contributed by atoms with Gasteiger partial charge in [0.1, 0.15) is 0 Å². The molecule has 2 aliphatic heterocycles. The molecule has 2 aromatic carbocycles. The number of aliphatic imine (C=N–C) groups is 2. The normalized spacial score (nSPS) is 23.5. The van der Waals surface area contributed by atoms with Crippen molar-refractivity contribution in [2.24, 2.45) is 21.5 Å². The second-order valence-electron chi connectivity index (χ2n) is 8.06. The molecule has 0 spiro atoms. The average Bonchev–Trinajstić information content (AvgIpc) is 3.20. The van der Waals surface area contributed by atoms with E-state index in [1.165, 1.54) is 0 Å². The number of halogens is 2. The van der Waals surface area contributed by atoms with E-state index >= 15 is 0 Å². The molecule has 1 aromatic heterocycles. The van der Waals surface area contributed by atoms with E-state index in [-0.39, 0.29) is 18.6 Å². The topological polar surface area (TPSA) is 116 Å². The number of nitrogens with zero attached hydrogens (tertiary/aromatic N) is 4. The first-order valence-corrected chi connectivity index (χ1v) is 11.2. The number of aromatic nitrogens is 2. The monoisotopic (exact) mass is 471 g/mol. The van der Waals surface area contributed by atoms with Crippen LogP contribution in [0.25, 0.3) is 10.9 Å². The minimum atomic E-state index is -1.23. The Kier molecular flexibility index (Phi) is 5.54. The molecule has 2 unspecified atom stereocenters. The molecule has 0 bridgehead atoms. The number of hydrogen-bond donors (Lipinski definition) is 3. The van der Waals surface area contributed by atoms with Gasteiger partial charge in [-0.15, -0.1) is 0 Å². The lowest BCUT2D eigenvalue weighted by molar-refractivity contribution is -0.0366. The van der Waals surface area contributed by atoms with Gasteiger partial charge in [0.15, 0.2) is 23.8 Å². The Labute approximate surface area is 195 Å². The predicted octanol–water partition coefficient (Wildman–Crippen LogP) is 3.56. The Bertz CT molecular complexity index is 1230. The maximum Gasteiger partial charge on any atom is 0.198 e. The van der Waals surface area contributed by atoms with Crippen molar-refractivity contribution < 1.29 is 4.74 Å². The standard InChI is InChI=1S/C22H23Cl2N7O/c23-16-5-3-4-14(19(16)24)11-22(26)29-20(28-21(25)30-22)13-7-8-15-12-27-31(17(15)10-13)18-6-1-2-9-32-18/h3-5,7-8,10,12,18H,1-2,6,9,11,26H2,(H3,25,28,29,30). The number of fused-ring (bicyclic) bond motifs is 1. The summed E-state index contributed by atoms with van der Waals surface area (Å²) >= 11 is 12.5. The molecule has 166 valence electrons. The molecule has 5 rings (SSSR count). The fourth-order valence-corrected chi connectivity index (χ4v) is 4.50. The van der Waals surface area contributed by atoms with E-state index in [4.69, 9.17) is 39.4 Å². The Hall–Kier alpha value is -2.65. The number of benzene rings is 2. The van der Waals surface area contributed by atoms with E-state index in [1.807, 2.05) is 41.2 Å². The highest BCUT2D eigenvalue weighted by Gasteiger charge is 2.31. The number of amidine groups is 1. The zero-order valence-electron chi connectivity index (χ0n) is 17.3. The maximum absolute atomic E-state index is 6.57. The number of ether oxygens (including phenoxy) is 1. The van der Waals surface area contributed by atoms with Crippen LogP contribution in [0.4, 0.5) is 0 Å². The van der Waals surface area contributed by atoms with E-state index in [0.717, 1.165) is 47.9 Å². The molecule has 0 amide bonds. The Balaban J connectivity index is 1.51. The molecule has 1 saturated heterocycles. The van der Waals surface area contributed by atoms with Crippen molar-refractivity contribution in [3.8, 4) is 0 Å². The summed E-state index contributed by atoms with van der Waals surface area (Å²) in [7, 11) is 0. The largest absolute Gasteiger partial charge is 0.370 e. The highest BCUT2D eigenvalue weighted by Crippen LogP contribution is 2.30. The van der Waals surface area contributed by atoms with E-state index < -0.39 is 5.79 Å². The molecule has 0 saturated carbocycles. The van der Waals surface area contributed by atoms with Crippen LogP contribution in [0.3, 0.4) is 0 Å². The van der Waals surface area contributed by atoms with Gasteiger partial charge in [-0.2, -0.15) is 10.1 Å². The first-order chi connectivity index (χ1) is 15.4. The molecular weight excluding hydrogens is 449 g/mol. The molecular formula is C22H23Cl2N7O. The highest BCUT2D eigenvalue weighted by atomic mass is 35.5. The number of rotatable bonds is 4. The third-order valence-electron chi connectivity index (χ3n) is 5.65. The zero-order valence-corrected chi connectivity index (χ0v) is 18.8. The fraction of sp³-hybridized carbons (Fsp3) is 0.318. The first-order valence-electron chi connectivity index (χ1n) is 10.5. The van der Waals surface area contributed by atoms with Crippen LogP contribution < -0.4 is 16.8 Å². The summed E-state index contributed by atoms with van der Waals surface area (Å²) in [6.45, 7) is 0.743. The van der Waals surface area contributed by atoms with Gasteiger partial charge in [-0.05, 0) is 37.0 Å². The minimum Gasteiger partial charge on any atom is -0.370 e. The van der Waals surface area contributed by atoms with E-state index in [1.54, 1.807) is 6.07 Å². The smallest absolute Gasteiger partial charge is 0.198 e. The summed E-state index contributed by atoms with van der Waals surface area (Å²) in [5.41, 5.74) is 15.1.